The summed E-state index contributed by atoms with van der Waals surface area (Å²) >= 11 is 6.02. The number of hydrogen-bond acceptors (Lipinski definition) is 2. The van der Waals surface area contributed by atoms with Gasteiger partial charge in [0.1, 0.15) is 11.2 Å². The normalized spacial score (nSPS) is 11.1. The molecule has 2 nitrogen and oxygen atoms in total. The Balaban J connectivity index is 1.66. The summed E-state index contributed by atoms with van der Waals surface area (Å²) in [6.45, 7) is 0.738. The van der Waals surface area contributed by atoms with E-state index in [2.05, 4.69) is 23.5 Å². The highest BCUT2D eigenvalue weighted by atomic mass is 35.5. The van der Waals surface area contributed by atoms with Crippen LogP contribution in [0.2, 0.25) is 5.02 Å². The molecule has 0 radical (unpaired) electrons. The van der Waals surface area contributed by atoms with Crippen LogP contribution in [0.4, 0.5) is 5.69 Å². The highest BCUT2D eigenvalue weighted by Crippen LogP contribution is 2.30. The van der Waals surface area contributed by atoms with Crippen molar-refractivity contribution < 1.29 is 4.42 Å². The summed E-state index contributed by atoms with van der Waals surface area (Å²) in [5.41, 5.74) is 4.06. The zero-order valence-corrected chi connectivity index (χ0v) is 12.6. The van der Waals surface area contributed by atoms with Crippen molar-refractivity contribution in [2.75, 3.05) is 5.32 Å². The van der Waals surface area contributed by atoms with Gasteiger partial charge in [-0.2, -0.15) is 0 Å². The molecule has 0 amide bonds. The van der Waals surface area contributed by atoms with Crippen molar-refractivity contribution in [2.24, 2.45) is 0 Å². The average molecular weight is 308 g/mol. The average Bonchev–Trinajstić information content (AvgIpc) is 2.91. The summed E-state index contributed by atoms with van der Waals surface area (Å²) in [5.74, 6) is 0. The molecule has 0 saturated heterocycles. The highest BCUT2D eigenvalue weighted by Gasteiger charge is 2.06. The number of benzene rings is 3. The van der Waals surface area contributed by atoms with Crippen LogP contribution in [-0.2, 0) is 6.54 Å². The molecule has 0 aliphatic carbocycles. The van der Waals surface area contributed by atoms with Crippen LogP contribution in [0.15, 0.2) is 71.1 Å². The van der Waals surface area contributed by atoms with Gasteiger partial charge in [-0.3, -0.25) is 0 Å². The number of hydrogen-bond donors (Lipinski definition) is 1. The Kier molecular flexibility index (Phi) is 3.24. The molecule has 1 N–H and O–H groups in total. The second kappa shape index (κ2) is 5.39. The second-order valence-electron chi connectivity index (χ2n) is 5.29. The molecule has 0 atom stereocenters. The quantitative estimate of drug-likeness (QED) is 0.513. The van der Waals surface area contributed by atoms with E-state index in [-0.39, 0.29) is 0 Å². The fourth-order valence-corrected chi connectivity index (χ4v) is 2.90. The van der Waals surface area contributed by atoms with Gasteiger partial charge >= 0.3 is 0 Å². The molecule has 1 aromatic heterocycles. The molecule has 0 bridgehead atoms. The number of rotatable bonds is 3. The maximum Gasteiger partial charge on any atom is 0.135 e. The maximum atomic E-state index is 6.02. The fourth-order valence-electron chi connectivity index (χ4n) is 2.69. The lowest BCUT2D eigenvalue weighted by Gasteiger charge is -2.07. The van der Waals surface area contributed by atoms with Crippen LogP contribution in [-0.4, -0.2) is 0 Å². The molecule has 1 heterocycles. The van der Waals surface area contributed by atoms with Crippen molar-refractivity contribution in [2.45, 2.75) is 6.54 Å². The smallest absolute Gasteiger partial charge is 0.135 e. The van der Waals surface area contributed by atoms with E-state index in [0.717, 1.165) is 44.8 Å². The first kappa shape index (κ1) is 13.2. The molecule has 0 spiro atoms. The van der Waals surface area contributed by atoms with Crippen molar-refractivity contribution in [1.29, 1.82) is 0 Å². The molecule has 0 unspecified atom stereocenters. The van der Waals surface area contributed by atoms with Crippen LogP contribution in [0.1, 0.15) is 5.56 Å². The highest BCUT2D eigenvalue weighted by molar-refractivity contribution is 6.30. The molecule has 3 heteroatoms. The number of anilines is 1. The zero-order chi connectivity index (χ0) is 14.9. The van der Waals surface area contributed by atoms with Gasteiger partial charge in [-0.15, -0.1) is 0 Å². The minimum absolute atomic E-state index is 0.738. The number of para-hydroxylation sites is 1. The Morgan fingerprint density at radius 2 is 1.68 bits per heavy atom. The van der Waals surface area contributed by atoms with Gasteiger partial charge in [0.25, 0.3) is 0 Å². The van der Waals surface area contributed by atoms with E-state index in [9.17, 15) is 0 Å². The summed E-state index contributed by atoms with van der Waals surface area (Å²) in [4.78, 5) is 0. The Morgan fingerprint density at radius 3 is 2.59 bits per heavy atom. The molecule has 4 aromatic rings. The predicted molar refractivity (Wildman–Crippen MR) is 92.5 cm³/mol. The molecule has 0 aliphatic heterocycles. The van der Waals surface area contributed by atoms with E-state index in [0.29, 0.717) is 0 Å². The Hall–Kier alpha value is -2.45. The Labute approximate surface area is 133 Å². The summed E-state index contributed by atoms with van der Waals surface area (Å²) in [6.07, 6.45) is 0. The van der Waals surface area contributed by atoms with Crippen LogP contribution in [0.3, 0.4) is 0 Å². The molecule has 0 fully saturated rings. The zero-order valence-electron chi connectivity index (χ0n) is 11.8. The van der Waals surface area contributed by atoms with Crippen LogP contribution in [0, 0.1) is 0 Å². The lowest BCUT2D eigenvalue weighted by Crippen LogP contribution is -1.98. The molecule has 3 aromatic carbocycles. The van der Waals surface area contributed by atoms with E-state index < -0.39 is 0 Å². The summed E-state index contributed by atoms with van der Waals surface area (Å²) in [7, 11) is 0. The standard InChI is InChI=1S/C19H14ClNO/c20-14-5-3-4-13(10-14)12-21-15-8-9-19-17(11-15)16-6-1-2-7-18(16)22-19/h1-11,21H,12H2. The van der Waals surface area contributed by atoms with Crippen LogP contribution < -0.4 is 5.32 Å². The van der Waals surface area contributed by atoms with Crippen LogP contribution in [0.25, 0.3) is 21.9 Å². The fraction of sp³-hybridized carbons (Fsp3) is 0.0526. The molecule has 108 valence electrons. The van der Waals surface area contributed by atoms with E-state index >= 15 is 0 Å². The van der Waals surface area contributed by atoms with Crippen molar-refractivity contribution in [3.8, 4) is 0 Å². The van der Waals surface area contributed by atoms with Crippen LogP contribution in [0.5, 0.6) is 0 Å². The van der Waals surface area contributed by atoms with Crippen molar-refractivity contribution in [3.63, 3.8) is 0 Å². The second-order valence-corrected chi connectivity index (χ2v) is 5.73. The van der Waals surface area contributed by atoms with Gasteiger partial charge in [-0.25, -0.2) is 0 Å². The minimum Gasteiger partial charge on any atom is -0.456 e. The van der Waals surface area contributed by atoms with E-state index in [4.69, 9.17) is 16.0 Å². The van der Waals surface area contributed by atoms with Gasteiger partial charge in [-0.05, 0) is 42.0 Å². The number of furan rings is 1. The number of nitrogens with one attached hydrogen (secondary N) is 1. The van der Waals surface area contributed by atoms with Gasteiger partial charge in [0.2, 0.25) is 0 Å². The first-order valence-electron chi connectivity index (χ1n) is 7.19. The predicted octanol–water partition coefficient (Wildman–Crippen LogP) is 5.85. The van der Waals surface area contributed by atoms with Crippen LogP contribution >= 0.6 is 11.6 Å². The minimum atomic E-state index is 0.738. The lowest BCUT2D eigenvalue weighted by atomic mass is 10.1. The van der Waals surface area contributed by atoms with Crippen molar-refractivity contribution in [1.82, 2.24) is 0 Å². The van der Waals surface area contributed by atoms with E-state index in [1.165, 1.54) is 0 Å². The van der Waals surface area contributed by atoms with Gasteiger partial charge in [0.15, 0.2) is 0 Å². The summed E-state index contributed by atoms with van der Waals surface area (Å²) in [5, 5.41) is 6.47. The third-order valence-corrected chi connectivity index (χ3v) is 4.00. The third kappa shape index (κ3) is 2.42. The van der Waals surface area contributed by atoms with Crippen molar-refractivity contribution in [3.05, 3.63) is 77.3 Å². The molecule has 22 heavy (non-hydrogen) atoms. The maximum absolute atomic E-state index is 6.02. The van der Waals surface area contributed by atoms with E-state index in [1.54, 1.807) is 0 Å². The first-order valence-corrected chi connectivity index (χ1v) is 7.57. The number of halogens is 1. The monoisotopic (exact) mass is 307 g/mol. The van der Waals surface area contributed by atoms with Gasteiger partial charge in [0.05, 0.1) is 0 Å². The summed E-state index contributed by atoms with van der Waals surface area (Å²) in [6, 6.07) is 22.2. The van der Waals surface area contributed by atoms with Gasteiger partial charge in [0, 0.05) is 28.0 Å². The summed E-state index contributed by atoms with van der Waals surface area (Å²) < 4.78 is 5.84. The Morgan fingerprint density at radius 1 is 0.818 bits per heavy atom. The van der Waals surface area contributed by atoms with Gasteiger partial charge in [-0.1, -0.05) is 41.9 Å². The lowest BCUT2D eigenvalue weighted by molar-refractivity contribution is 0.669. The van der Waals surface area contributed by atoms with Gasteiger partial charge < -0.3 is 9.73 Å². The van der Waals surface area contributed by atoms with Crippen molar-refractivity contribution >= 4 is 39.2 Å². The Bertz CT molecular complexity index is 958. The molecular weight excluding hydrogens is 294 g/mol. The molecule has 0 saturated carbocycles. The molecular formula is C19H14ClNO. The molecule has 0 aliphatic rings. The SMILES string of the molecule is Clc1cccc(CNc2ccc3oc4ccccc4c3c2)c1. The molecule has 4 rings (SSSR count). The number of fused-ring (bicyclic) bond motifs is 3. The first-order chi connectivity index (χ1) is 10.8. The third-order valence-electron chi connectivity index (χ3n) is 3.76. The largest absolute Gasteiger partial charge is 0.456 e. The van der Waals surface area contributed by atoms with E-state index in [1.807, 2.05) is 48.5 Å². The topological polar surface area (TPSA) is 25.2 Å².